The van der Waals surface area contributed by atoms with Crippen LogP contribution in [0.5, 0.6) is 0 Å². The number of nitrogens with one attached hydrogen (secondary N) is 1. The van der Waals surface area contributed by atoms with E-state index in [2.05, 4.69) is 12.2 Å². The predicted octanol–water partition coefficient (Wildman–Crippen LogP) is 3.50. The van der Waals surface area contributed by atoms with Crippen molar-refractivity contribution in [3.8, 4) is 0 Å². The molecule has 0 aliphatic heterocycles. The number of hydrogen-bond donors (Lipinski definition) is 1. The molecule has 2 unspecified atom stereocenters. The van der Waals surface area contributed by atoms with Gasteiger partial charge in [0.1, 0.15) is 0 Å². The minimum atomic E-state index is -3.11. The molecule has 2 atom stereocenters. The first-order valence-electron chi connectivity index (χ1n) is 7.79. The fourth-order valence-corrected chi connectivity index (χ4v) is 4.10. The van der Waals surface area contributed by atoms with Gasteiger partial charge in [0, 0.05) is 6.04 Å². The van der Waals surface area contributed by atoms with E-state index in [1.807, 2.05) is 52.0 Å². The normalized spacial score (nSPS) is 15.1. The highest BCUT2D eigenvalue weighted by Crippen LogP contribution is 2.21. The van der Waals surface area contributed by atoms with Crippen LogP contribution in [0.15, 0.2) is 24.3 Å². The van der Waals surface area contributed by atoms with Gasteiger partial charge in [-0.2, -0.15) is 0 Å². The van der Waals surface area contributed by atoms with Crippen LogP contribution < -0.4 is 5.32 Å². The van der Waals surface area contributed by atoms with Crippen LogP contribution in [-0.2, 0) is 9.84 Å². The molecule has 0 heterocycles. The van der Waals surface area contributed by atoms with Crippen LogP contribution in [0.3, 0.4) is 0 Å². The average Bonchev–Trinajstić information content (AvgIpc) is 2.43. The van der Waals surface area contributed by atoms with Gasteiger partial charge in [0.15, 0.2) is 9.84 Å². The summed E-state index contributed by atoms with van der Waals surface area (Å²) >= 11 is 0. The van der Waals surface area contributed by atoms with E-state index in [4.69, 9.17) is 0 Å². The second kappa shape index (κ2) is 7.95. The van der Waals surface area contributed by atoms with Crippen molar-refractivity contribution in [1.29, 1.82) is 0 Å². The molecule has 0 aromatic heterocycles. The molecular formula is C17H29NO2S. The van der Waals surface area contributed by atoms with Crippen molar-refractivity contribution in [3.05, 3.63) is 35.4 Å². The first-order chi connectivity index (χ1) is 9.77. The Morgan fingerprint density at radius 2 is 1.67 bits per heavy atom. The van der Waals surface area contributed by atoms with Gasteiger partial charge in [-0.05, 0) is 38.3 Å². The molecule has 1 rings (SSSR count). The SMILES string of the molecule is CCCNC(CS(=O)(=O)C(C)C(C)C)c1ccc(C)cc1. The lowest BCUT2D eigenvalue weighted by atomic mass is 10.1. The average molecular weight is 311 g/mol. The third kappa shape index (κ3) is 5.44. The molecule has 1 aromatic carbocycles. The van der Waals surface area contributed by atoms with Crippen molar-refractivity contribution < 1.29 is 8.42 Å². The van der Waals surface area contributed by atoms with Crippen LogP contribution in [0.1, 0.15) is 51.3 Å². The van der Waals surface area contributed by atoms with Crippen molar-refractivity contribution in [1.82, 2.24) is 5.32 Å². The molecule has 0 radical (unpaired) electrons. The Labute approximate surface area is 130 Å². The first-order valence-corrected chi connectivity index (χ1v) is 9.51. The summed E-state index contributed by atoms with van der Waals surface area (Å²) in [6.07, 6.45) is 0.988. The molecule has 0 saturated heterocycles. The van der Waals surface area contributed by atoms with E-state index in [9.17, 15) is 8.42 Å². The Morgan fingerprint density at radius 3 is 2.14 bits per heavy atom. The lowest BCUT2D eigenvalue weighted by Crippen LogP contribution is -2.34. The van der Waals surface area contributed by atoms with Crippen molar-refractivity contribution in [3.63, 3.8) is 0 Å². The van der Waals surface area contributed by atoms with Gasteiger partial charge >= 0.3 is 0 Å². The summed E-state index contributed by atoms with van der Waals surface area (Å²) in [5, 5.41) is 3.06. The predicted molar refractivity (Wildman–Crippen MR) is 90.3 cm³/mol. The maximum absolute atomic E-state index is 12.5. The summed E-state index contributed by atoms with van der Waals surface area (Å²) in [6.45, 7) is 10.7. The minimum Gasteiger partial charge on any atom is -0.309 e. The van der Waals surface area contributed by atoms with E-state index in [1.165, 1.54) is 5.56 Å². The molecule has 1 aromatic rings. The van der Waals surface area contributed by atoms with Crippen LogP contribution in [0.4, 0.5) is 0 Å². The van der Waals surface area contributed by atoms with Crippen LogP contribution in [0, 0.1) is 12.8 Å². The summed E-state index contributed by atoms with van der Waals surface area (Å²) in [5.74, 6) is 0.301. The number of hydrogen-bond acceptors (Lipinski definition) is 3. The molecule has 0 spiro atoms. The van der Waals surface area contributed by atoms with E-state index >= 15 is 0 Å². The maximum atomic E-state index is 12.5. The summed E-state index contributed by atoms with van der Waals surface area (Å²) < 4.78 is 25.1. The van der Waals surface area contributed by atoms with E-state index in [0.717, 1.165) is 18.5 Å². The Hall–Kier alpha value is -0.870. The van der Waals surface area contributed by atoms with E-state index < -0.39 is 9.84 Å². The quantitative estimate of drug-likeness (QED) is 0.799. The second-order valence-corrected chi connectivity index (χ2v) is 8.60. The maximum Gasteiger partial charge on any atom is 0.155 e. The van der Waals surface area contributed by atoms with Crippen LogP contribution in [0.25, 0.3) is 0 Å². The van der Waals surface area contributed by atoms with Crippen LogP contribution >= 0.6 is 0 Å². The topological polar surface area (TPSA) is 46.2 Å². The molecule has 0 aliphatic rings. The largest absolute Gasteiger partial charge is 0.309 e. The lowest BCUT2D eigenvalue weighted by Gasteiger charge is -2.23. The van der Waals surface area contributed by atoms with Gasteiger partial charge in [-0.1, -0.05) is 50.6 Å². The van der Waals surface area contributed by atoms with Crippen LogP contribution in [0.2, 0.25) is 0 Å². The fourth-order valence-electron chi connectivity index (χ4n) is 2.19. The Morgan fingerprint density at radius 1 is 1.10 bits per heavy atom. The highest BCUT2D eigenvalue weighted by Gasteiger charge is 2.28. The van der Waals surface area contributed by atoms with Crippen molar-refractivity contribution in [2.24, 2.45) is 5.92 Å². The first kappa shape index (κ1) is 18.2. The van der Waals surface area contributed by atoms with Crippen molar-refractivity contribution >= 4 is 9.84 Å². The number of aryl methyl sites for hydroxylation is 1. The van der Waals surface area contributed by atoms with Gasteiger partial charge in [0.25, 0.3) is 0 Å². The van der Waals surface area contributed by atoms with Gasteiger partial charge in [-0.25, -0.2) is 8.42 Å². The van der Waals surface area contributed by atoms with Gasteiger partial charge < -0.3 is 5.32 Å². The Kier molecular flexibility index (Phi) is 6.88. The van der Waals surface area contributed by atoms with Crippen molar-refractivity contribution in [2.75, 3.05) is 12.3 Å². The smallest absolute Gasteiger partial charge is 0.155 e. The number of sulfone groups is 1. The number of rotatable bonds is 8. The zero-order chi connectivity index (χ0) is 16.0. The Bertz CT molecular complexity index is 520. The lowest BCUT2D eigenvalue weighted by molar-refractivity contribution is 0.520. The standard InChI is InChI=1S/C17H29NO2S/c1-6-11-18-17(16-9-7-14(4)8-10-16)12-21(19,20)15(5)13(2)3/h7-10,13,15,17-18H,6,11-12H2,1-5H3. The molecule has 0 aliphatic carbocycles. The zero-order valence-electron chi connectivity index (χ0n) is 13.9. The molecule has 21 heavy (non-hydrogen) atoms. The summed E-state index contributed by atoms with van der Waals surface area (Å²) in [4.78, 5) is 0. The Balaban J connectivity index is 2.95. The van der Waals surface area contributed by atoms with Gasteiger partial charge in [0.2, 0.25) is 0 Å². The molecule has 0 bridgehead atoms. The summed E-state index contributed by atoms with van der Waals surface area (Å²) in [5.41, 5.74) is 2.24. The van der Waals surface area contributed by atoms with Crippen molar-refractivity contribution in [2.45, 2.75) is 52.3 Å². The molecule has 0 saturated carbocycles. The molecule has 3 nitrogen and oxygen atoms in total. The zero-order valence-corrected chi connectivity index (χ0v) is 14.7. The molecule has 0 amide bonds. The minimum absolute atomic E-state index is 0.128. The highest BCUT2D eigenvalue weighted by atomic mass is 32.2. The number of benzene rings is 1. The second-order valence-electron chi connectivity index (χ2n) is 6.20. The third-order valence-electron chi connectivity index (χ3n) is 4.02. The fraction of sp³-hybridized carbons (Fsp3) is 0.647. The van der Waals surface area contributed by atoms with E-state index in [-0.39, 0.29) is 23.0 Å². The van der Waals surface area contributed by atoms with E-state index in [0.29, 0.717) is 0 Å². The highest BCUT2D eigenvalue weighted by molar-refractivity contribution is 7.92. The molecule has 4 heteroatoms. The van der Waals surface area contributed by atoms with Gasteiger partial charge in [-0.15, -0.1) is 0 Å². The molecule has 0 fully saturated rings. The summed E-state index contributed by atoms with van der Waals surface area (Å²) in [6, 6.07) is 8.00. The molecular weight excluding hydrogens is 282 g/mol. The van der Waals surface area contributed by atoms with Gasteiger partial charge in [-0.3, -0.25) is 0 Å². The van der Waals surface area contributed by atoms with Gasteiger partial charge in [0.05, 0.1) is 11.0 Å². The third-order valence-corrected chi connectivity index (χ3v) is 6.50. The molecule has 120 valence electrons. The summed E-state index contributed by atoms with van der Waals surface area (Å²) in [7, 11) is -3.11. The van der Waals surface area contributed by atoms with E-state index in [1.54, 1.807) is 0 Å². The molecule has 1 N–H and O–H groups in total. The monoisotopic (exact) mass is 311 g/mol. The van der Waals surface area contributed by atoms with Crippen LogP contribution in [-0.4, -0.2) is 26.0 Å².